The Kier molecular flexibility index (Phi) is 8.07. The Morgan fingerprint density at radius 3 is 2.50 bits per heavy atom. The molecule has 122 valence electrons. The van der Waals surface area contributed by atoms with Crippen molar-refractivity contribution in [2.75, 3.05) is 6.54 Å². The topological polar surface area (TPSA) is 46.2 Å². The quantitative estimate of drug-likeness (QED) is 0.474. The van der Waals surface area contributed by atoms with Crippen molar-refractivity contribution in [1.29, 1.82) is 0 Å². The Hall–Kier alpha value is -0.910. The van der Waals surface area contributed by atoms with Gasteiger partial charge in [-0.1, -0.05) is 46.3 Å². The number of nitrogens with one attached hydrogen (secondary N) is 1. The van der Waals surface area contributed by atoms with E-state index in [1.807, 2.05) is 13.0 Å². The van der Waals surface area contributed by atoms with Crippen LogP contribution in [0, 0.1) is 12.8 Å². The summed E-state index contributed by atoms with van der Waals surface area (Å²) in [5, 5.41) is 0. The standard InChI is InChI=1S/C17H24BrNO2S/c1-4-5-6-7-16(15(3)18)12-13-19-22(20,21)17-10-8-14(2)9-11-17/h4,8-11,16,19H,1,3,5-7,12-13H2,2H3. The lowest BCUT2D eigenvalue weighted by atomic mass is 9.98. The zero-order chi connectivity index (χ0) is 16.6. The Morgan fingerprint density at radius 2 is 1.95 bits per heavy atom. The van der Waals surface area contributed by atoms with Crippen molar-refractivity contribution in [2.45, 2.75) is 37.5 Å². The average molecular weight is 386 g/mol. The fourth-order valence-corrected chi connectivity index (χ4v) is 3.64. The van der Waals surface area contributed by atoms with Crippen molar-refractivity contribution in [3.05, 3.63) is 53.5 Å². The van der Waals surface area contributed by atoms with Gasteiger partial charge in [-0.05, 0) is 55.1 Å². The summed E-state index contributed by atoms with van der Waals surface area (Å²) in [7, 11) is -3.43. The number of halogens is 1. The van der Waals surface area contributed by atoms with Crippen LogP contribution in [-0.2, 0) is 10.0 Å². The van der Waals surface area contributed by atoms with Gasteiger partial charge < -0.3 is 0 Å². The van der Waals surface area contributed by atoms with Gasteiger partial charge in [0.1, 0.15) is 0 Å². The average Bonchev–Trinajstić information content (AvgIpc) is 2.46. The van der Waals surface area contributed by atoms with E-state index in [-0.39, 0.29) is 5.92 Å². The van der Waals surface area contributed by atoms with Crippen molar-refractivity contribution >= 4 is 26.0 Å². The smallest absolute Gasteiger partial charge is 0.211 e. The van der Waals surface area contributed by atoms with Gasteiger partial charge in [0, 0.05) is 6.54 Å². The van der Waals surface area contributed by atoms with Crippen LogP contribution in [0.5, 0.6) is 0 Å². The van der Waals surface area contributed by atoms with E-state index >= 15 is 0 Å². The van der Waals surface area contributed by atoms with Gasteiger partial charge in [0.05, 0.1) is 4.90 Å². The van der Waals surface area contributed by atoms with E-state index in [0.29, 0.717) is 11.4 Å². The highest BCUT2D eigenvalue weighted by atomic mass is 79.9. The third-order valence-electron chi connectivity index (χ3n) is 3.52. The molecule has 0 heterocycles. The van der Waals surface area contributed by atoms with Gasteiger partial charge >= 0.3 is 0 Å². The predicted octanol–water partition coefficient (Wildman–Crippen LogP) is 4.54. The van der Waals surface area contributed by atoms with Crippen LogP contribution in [0.3, 0.4) is 0 Å². The zero-order valence-electron chi connectivity index (χ0n) is 13.0. The van der Waals surface area contributed by atoms with E-state index in [1.54, 1.807) is 24.3 Å². The molecule has 5 heteroatoms. The minimum atomic E-state index is -3.43. The van der Waals surface area contributed by atoms with Crippen LogP contribution in [0.2, 0.25) is 0 Å². The number of sulfonamides is 1. The Balaban J connectivity index is 2.54. The summed E-state index contributed by atoms with van der Waals surface area (Å²) in [4.78, 5) is 0.305. The van der Waals surface area contributed by atoms with Crippen LogP contribution in [0.1, 0.15) is 31.2 Å². The molecular weight excluding hydrogens is 362 g/mol. The van der Waals surface area contributed by atoms with Gasteiger partial charge in [0.15, 0.2) is 0 Å². The SMILES string of the molecule is C=CCCCC(CCNS(=O)(=O)c1ccc(C)cc1)C(=C)Br. The van der Waals surface area contributed by atoms with Crippen LogP contribution in [0.25, 0.3) is 0 Å². The second-order valence-corrected chi connectivity index (χ2v) is 8.15. The molecule has 22 heavy (non-hydrogen) atoms. The minimum absolute atomic E-state index is 0.265. The molecule has 0 radical (unpaired) electrons. The maximum absolute atomic E-state index is 12.2. The van der Waals surface area contributed by atoms with Crippen LogP contribution in [0.4, 0.5) is 0 Å². The summed E-state index contributed by atoms with van der Waals surface area (Å²) in [6.07, 6.45) is 5.60. The number of allylic oxidation sites excluding steroid dienone is 2. The second-order valence-electron chi connectivity index (χ2n) is 5.36. The Labute approximate surface area is 142 Å². The van der Waals surface area contributed by atoms with E-state index in [1.165, 1.54) is 0 Å². The van der Waals surface area contributed by atoms with E-state index in [4.69, 9.17) is 0 Å². The number of rotatable bonds is 10. The van der Waals surface area contributed by atoms with Gasteiger partial charge in [-0.25, -0.2) is 13.1 Å². The summed E-state index contributed by atoms with van der Waals surface area (Å²) in [6, 6.07) is 6.85. The lowest BCUT2D eigenvalue weighted by molar-refractivity contribution is 0.512. The first-order chi connectivity index (χ1) is 10.4. The normalized spacial score (nSPS) is 12.8. The third kappa shape index (κ3) is 6.46. The fourth-order valence-electron chi connectivity index (χ4n) is 2.13. The third-order valence-corrected chi connectivity index (χ3v) is 5.64. The Morgan fingerprint density at radius 1 is 1.32 bits per heavy atom. The van der Waals surface area contributed by atoms with Crippen LogP contribution in [0.15, 0.2) is 52.9 Å². The zero-order valence-corrected chi connectivity index (χ0v) is 15.4. The molecule has 1 atom stereocenters. The maximum Gasteiger partial charge on any atom is 0.240 e. The summed E-state index contributed by atoms with van der Waals surface area (Å²) in [5.41, 5.74) is 1.04. The van der Waals surface area contributed by atoms with Gasteiger partial charge in [-0.2, -0.15) is 0 Å². The lowest BCUT2D eigenvalue weighted by Gasteiger charge is -2.16. The van der Waals surface area contributed by atoms with E-state index in [0.717, 1.165) is 35.7 Å². The van der Waals surface area contributed by atoms with Crippen molar-refractivity contribution < 1.29 is 8.42 Å². The molecule has 3 nitrogen and oxygen atoms in total. The van der Waals surface area contributed by atoms with Crippen molar-refractivity contribution in [2.24, 2.45) is 5.92 Å². The molecule has 0 amide bonds. The van der Waals surface area contributed by atoms with Crippen LogP contribution < -0.4 is 4.72 Å². The van der Waals surface area contributed by atoms with Crippen LogP contribution in [-0.4, -0.2) is 15.0 Å². The van der Waals surface area contributed by atoms with Crippen molar-refractivity contribution in [3.63, 3.8) is 0 Å². The second kappa shape index (κ2) is 9.28. The molecule has 0 aliphatic heterocycles. The number of hydrogen-bond acceptors (Lipinski definition) is 2. The maximum atomic E-state index is 12.2. The summed E-state index contributed by atoms with van der Waals surface area (Å²) < 4.78 is 28.0. The van der Waals surface area contributed by atoms with Gasteiger partial charge in [0.2, 0.25) is 10.0 Å². The number of unbranched alkanes of at least 4 members (excludes halogenated alkanes) is 1. The lowest BCUT2D eigenvalue weighted by Crippen LogP contribution is -2.26. The molecule has 0 saturated carbocycles. The molecule has 0 aromatic heterocycles. The largest absolute Gasteiger partial charge is 0.240 e. The summed E-state index contributed by atoms with van der Waals surface area (Å²) >= 11 is 3.43. The monoisotopic (exact) mass is 385 g/mol. The first-order valence-electron chi connectivity index (χ1n) is 7.38. The Bertz CT molecular complexity index is 594. The van der Waals surface area contributed by atoms with Gasteiger partial charge in [0.25, 0.3) is 0 Å². The summed E-state index contributed by atoms with van der Waals surface area (Å²) in [5.74, 6) is 0.265. The molecule has 0 fully saturated rings. The summed E-state index contributed by atoms with van der Waals surface area (Å²) in [6.45, 7) is 9.97. The molecule has 1 rings (SSSR count). The first kappa shape index (κ1) is 19.1. The van der Waals surface area contributed by atoms with E-state index in [2.05, 4.69) is 33.8 Å². The molecule has 1 N–H and O–H groups in total. The molecule has 1 aromatic carbocycles. The molecule has 0 saturated heterocycles. The number of aryl methyl sites for hydroxylation is 1. The predicted molar refractivity (Wildman–Crippen MR) is 96.6 cm³/mol. The highest BCUT2D eigenvalue weighted by molar-refractivity contribution is 9.11. The molecule has 0 spiro atoms. The van der Waals surface area contributed by atoms with E-state index in [9.17, 15) is 8.42 Å². The number of benzene rings is 1. The van der Waals surface area contributed by atoms with E-state index < -0.39 is 10.0 Å². The number of hydrogen-bond donors (Lipinski definition) is 1. The molecule has 0 aliphatic carbocycles. The fraction of sp³-hybridized carbons (Fsp3) is 0.412. The van der Waals surface area contributed by atoms with Crippen LogP contribution >= 0.6 is 15.9 Å². The van der Waals surface area contributed by atoms with Crippen molar-refractivity contribution in [1.82, 2.24) is 4.72 Å². The molecule has 1 aromatic rings. The molecule has 0 aliphatic rings. The first-order valence-corrected chi connectivity index (χ1v) is 9.66. The molecule has 1 unspecified atom stereocenters. The molecular formula is C17H24BrNO2S. The van der Waals surface area contributed by atoms with Gasteiger partial charge in [-0.15, -0.1) is 6.58 Å². The van der Waals surface area contributed by atoms with Gasteiger partial charge in [-0.3, -0.25) is 0 Å². The highest BCUT2D eigenvalue weighted by Gasteiger charge is 2.15. The minimum Gasteiger partial charge on any atom is -0.211 e. The molecule has 0 bridgehead atoms. The highest BCUT2D eigenvalue weighted by Crippen LogP contribution is 2.25. The van der Waals surface area contributed by atoms with Crippen molar-refractivity contribution in [3.8, 4) is 0 Å².